The van der Waals surface area contributed by atoms with Crippen LogP contribution < -0.4 is 5.32 Å². The van der Waals surface area contributed by atoms with Crippen molar-refractivity contribution in [1.82, 2.24) is 15.5 Å². The van der Waals surface area contributed by atoms with Crippen molar-refractivity contribution >= 4 is 9.84 Å². The van der Waals surface area contributed by atoms with Crippen molar-refractivity contribution in [2.45, 2.75) is 11.4 Å². The Hall–Kier alpha value is -2.24. The number of hydrogen-bond donors (Lipinski definition) is 1. The first-order valence-corrected chi connectivity index (χ1v) is 7.46. The topological polar surface area (TPSA) is 109 Å². The summed E-state index contributed by atoms with van der Waals surface area (Å²) < 4.78 is 28.6. The molecule has 1 N–H and O–H groups in total. The number of nitrogens with one attached hydrogen (secondary N) is 1. The minimum atomic E-state index is -3.36. The van der Waals surface area contributed by atoms with Crippen molar-refractivity contribution in [3.63, 3.8) is 0 Å². The second-order valence-electron chi connectivity index (χ2n) is 3.98. The Labute approximate surface area is 116 Å². The van der Waals surface area contributed by atoms with Gasteiger partial charge in [-0.05, 0) is 24.3 Å². The highest BCUT2D eigenvalue weighted by molar-refractivity contribution is 7.91. The Bertz CT molecular complexity index is 687. The zero-order chi connectivity index (χ0) is 14.4. The number of nitrogens with zero attached hydrogens (tertiary/aromatic N) is 3. The van der Waals surface area contributed by atoms with Crippen molar-refractivity contribution in [2.75, 3.05) is 12.3 Å². The Kier molecular flexibility index (Phi) is 4.45. The summed E-state index contributed by atoms with van der Waals surface area (Å²) in [5.74, 6) is 0.428. The molecule has 0 saturated heterocycles. The van der Waals surface area contributed by atoms with E-state index in [9.17, 15) is 8.42 Å². The molecule has 1 heterocycles. The molecule has 7 nitrogen and oxygen atoms in total. The lowest BCUT2D eigenvalue weighted by molar-refractivity contribution is 0.407. The van der Waals surface area contributed by atoms with E-state index in [4.69, 9.17) is 5.26 Å². The summed E-state index contributed by atoms with van der Waals surface area (Å²) in [6.07, 6.45) is 1.21. The van der Waals surface area contributed by atoms with Crippen molar-refractivity contribution in [1.29, 1.82) is 5.26 Å². The van der Waals surface area contributed by atoms with E-state index in [1.54, 1.807) is 0 Å². The highest BCUT2D eigenvalue weighted by Crippen LogP contribution is 2.11. The van der Waals surface area contributed by atoms with Crippen LogP contribution in [0.4, 0.5) is 0 Å². The Morgan fingerprint density at radius 3 is 2.65 bits per heavy atom. The van der Waals surface area contributed by atoms with Gasteiger partial charge >= 0.3 is 0 Å². The monoisotopic (exact) mass is 292 g/mol. The predicted octanol–water partition coefficient (Wildman–Crippen LogP) is 0.505. The van der Waals surface area contributed by atoms with Gasteiger partial charge < -0.3 is 9.84 Å². The van der Waals surface area contributed by atoms with Gasteiger partial charge in [-0.2, -0.15) is 10.2 Å². The highest BCUT2D eigenvalue weighted by Gasteiger charge is 2.13. The maximum absolute atomic E-state index is 12.0. The maximum Gasteiger partial charge on any atom is 0.213 e. The quantitative estimate of drug-likeness (QED) is 0.772. The second-order valence-corrected chi connectivity index (χ2v) is 6.09. The van der Waals surface area contributed by atoms with Crippen LogP contribution in [0.2, 0.25) is 0 Å². The number of aromatic nitrogens is 2. The summed E-state index contributed by atoms with van der Waals surface area (Å²) in [5, 5.41) is 15.2. The second kappa shape index (κ2) is 6.27. The van der Waals surface area contributed by atoms with Crippen LogP contribution in [0.3, 0.4) is 0 Å². The number of benzene rings is 1. The van der Waals surface area contributed by atoms with Crippen LogP contribution >= 0.6 is 0 Å². The standard InChI is InChI=1S/C12H12N4O3S/c13-7-10-1-3-11(4-2-10)20(17,18)6-5-14-8-12-15-9-19-16-12/h1-4,9,14H,5-6,8H2. The average molecular weight is 292 g/mol. The first-order chi connectivity index (χ1) is 9.62. The lowest BCUT2D eigenvalue weighted by Gasteiger charge is -2.05. The summed E-state index contributed by atoms with van der Waals surface area (Å²) in [6, 6.07) is 7.79. The van der Waals surface area contributed by atoms with Gasteiger partial charge in [0.05, 0.1) is 28.8 Å². The van der Waals surface area contributed by atoms with Crippen LogP contribution in [0.1, 0.15) is 11.4 Å². The molecule has 2 rings (SSSR count). The minimum Gasteiger partial charge on any atom is -0.343 e. The van der Waals surface area contributed by atoms with Gasteiger partial charge in [0.25, 0.3) is 0 Å². The SMILES string of the molecule is N#Cc1ccc(S(=O)(=O)CCNCc2ncon2)cc1. The third-order valence-electron chi connectivity index (χ3n) is 2.58. The average Bonchev–Trinajstić information content (AvgIpc) is 2.97. The fourth-order valence-electron chi connectivity index (χ4n) is 1.53. The van der Waals surface area contributed by atoms with Crippen LogP contribution in [0.25, 0.3) is 0 Å². The molecular weight excluding hydrogens is 280 g/mol. The third kappa shape index (κ3) is 3.63. The van der Waals surface area contributed by atoms with E-state index in [0.29, 0.717) is 17.9 Å². The molecule has 0 bridgehead atoms. The molecule has 0 unspecified atom stereocenters. The van der Waals surface area contributed by atoms with Gasteiger partial charge in [-0.1, -0.05) is 5.16 Å². The summed E-state index contributed by atoms with van der Waals surface area (Å²) in [4.78, 5) is 4.01. The fraction of sp³-hybridized carbons (Fsp3) is 0.250. The Morgan fingerprint density at radius 2 is 2.05 bits per heavy atom. The zero-order valence-electron chi connectivity index (χ0n) is 10.5. The first kappa shape index (κ1) is 14.2. The Balaban J connectivity index is 1.88. The van der Waals surface area contributed by atoms with Crippen LogP contribution in [-0.2, 0) is 16.4 Å². The zero-order valence-corrected chi connectivity index (χ0v) is 11.3. The summed E-state index contributed by atoms with van der Waals surface area (Å²) >= 11 is 0. The molecule has 0 saturated carbocycles. The lowest BCUT2D eigenvalue weighted by atomic mass is 10.2. The molecule has 0 aliphatic rings. The molecule has 2 aromatic rings. The summed E-state index contributed by atoms with van der Waals surface area (Å²) in [6.45, 7) is 0.621. The molecule has 104 valence electrons. The first-order valence-electron chi connectivity index (χ1n) is 5.81. The van der Waals surface area contributed by atoms with Gasteiger partial charge in [-0.25, -0.2) is 8.42 Å². The molecule has 1 aromatic carbocycles. The van der Waals surface area contributed by atoms with E-state index in [2.05, 4.69) is 20.0 Å². The molecule has 0 spiro atoms. The molecule has 0 atom stereocenters. The lowest BCUT2D eigenvalue weighted by Crippen LogP contribution is -2.23. The maximum atomic E-state index is 12.0. The molecule has 1 aromatic heterocycles. The number of sulfone groups is 1. The van der Waals surface area contributed by atoms with E-state index >= 15 is 0 Å². The smallest absolute Gasteiger partial charge is 0.213 e. The van der Waals surface area contributed by atoms with Gasteiger partial charge in [0.15, 0.2) is 15.7 Å². The van der Waals surface area contributed by atoms with E-state index in [1.165, 1.54) is 30.7 Å². The van der Waals surface area contributed by atoms with Gasteiger partial charge in [-0.3, -0.25) is 0 Å². The largest absolute Gasteiger partial charge is 0.343 e. The third-order valence-corrected chi connectivity index (χ3v) is 4.31. The van der Waals surface area contributed by atoms with E-state index < -0.39 is 9.84 Å². The molecule has 0 amide bonds. The van der Waals surface area contributed by atoms with E-state index in [1.807, 2.05) is 6.07 Å². The van der Waals surface area contributed by atoms with Crippen LogP contribution in [-0.4, -0.2) is 30.9 Å². The number of hydrogen-bond acceptors (Lipinski definition) is 7. The van der Waals surface area contributed by atoms with Crippen molar-refractivity contribution in [3.05, 3.63) is 42.0 Å². The number of rotatable bonds is 6. The summed E-state index contributed by atoms with van der Waals surface area (Å²) in [7, 11) is -3.36. The molecule has 8 heteroatoms. The van der Waals surface area contributed by atoms with Gasteiger partial charge in [-0.15, -0.1) is 0 Å². The van der Waals surface area contributed by atoms with E-state index in [-0.39, 0.29) is 17.2 Å². The number of nitriles is 1. The predicted molar refractivity (Wildman–Crippen MR) is 69.2 cm³/mol. The Morgan fingerprint density at radius 1 is 1.30 bits per heavy atom. The van der Waals surface area contributed by atoms with Gasteiger partial charge in [0.1, 0.15) is 0 Å². The van der Waals surface area contributed by atoms with Crippen LogP contribution in [0.15, 0.2) is 40.1 Å². The normalized spacial score (nSPS) is 11.2. The van der Waals surface area contributed by atoms with Gasteiger partial charge in [0.2, 0.25) is 6.39 Å². The van der Waals surface area contributed by atoms with Gasteiger partial charge in [0, 0.05) is 6.54 Å². The van der Waals surface area contributed by atoms with Crippen LogP contribution in [0, 0.1) is 11.3 Å². The molecule has 0 aliphatic carbocycles. The minimum absolute atomic E-state index is 0.0449. The highest BCUT2D eigenvalue weighted by atomic mass is 32.2. The van der Waals surface area contributed by atoms with Crippen molar-refractivity contribution in [2.24, 2.45) is 0 Å². The summed E-state index contributed by atoms with van der Waals surface area (Å²) in [5.41, 5.74) is 0.430. The molecule has 20 heavy (non-hydrogen) atoms. The van der Waals surface area contributed by atoms with Crippen molar-refractivity contribution < 1.29 is 12.9 Å². The van der Waals surface area contributed by atoms with Crippen molar-refractivity contribution in [3.8, 4) is 6.07 Å². The molecule has 0 aliphatic heterocycles. The van der Waals surface area contributed by atoms with Crippen LogP contribution in [0.5, 0.6) is 0 Å². The van der Waals surface area contributed by atoms with E-state index in [0.717, 1.165) is 0 Å². The molecule has 0 fully saturated rings. The molecule has 0 radical (unpaired) electrons. The molecular formula is C12H12N4O3S. The fourth-order valence-corrected chi connectivity index (χ4v) is 2.73.